The van der Waals surface area contributed by atoms with E-state index in [-0.39, 0.29) is 0 Å². The van der Waals surface area contributed by atoms with Gasteiger partial charge in [0.25, 0.3) is 0 Å². The number of benzene rings is 7. The van der Waals surface area contributed by atoms with Crippen molar-refractivity contribution in [3.05, 3.63) is 164 Å². The molecule has 0 saturated carbocycles. The summed E-state index contributed by atoms with van der Waals surface area (Å²) in [5.74, 6) is 0. The Morgan fingerprint density at radius 1 is 0.333 bits per heavy atom. The zero-order valence-electron chi connectivity index (χ0n) is 23.0. The SMILES string of the molecule is c1ccc(-c2cccc(-c3cccc4c(-c5cccc6ccccc56)ccc(-c5cccc6ccccc56)c34)c2)nc1. The van der Waals surface area contributed by atoms with Gasteiger partial charge in [0.1, 0.15) is 0 Å². The van der Waals surface area contributed by atoms with Crippen molar-refractivity contribution in [1.29, 1.82) is 0 Å². The first-order valence-corrected chi connectivity index (χ1v) is 14.4. The number of fused-ring (bicyclic) bond motifs is 3. The van der Waals surface area contributed by atoms with Crippen molar-refractivity contribution in [2.45, 2.75) is 0 Å². The molecule has 42 heavy (non-hydrogen) atoms. The van der Waals surface area contributed by atoms with Crippen LogP contribution in [0.25, 0.3) is 77.0 Å². The van der Waals surface area contributed by atoms with Crippen LogP contribution < -0.4 is 0 Å². The summed E-state index contributed by atoms with van der Waals surface area (Å²) in [6.07, 6.45) is 1.86. The molecule has 0 unspecified atom stereocenters. The minimum absolute atomic E-state index is 0.977. The Morgan fingerprint density at radius 2 is 0.857 bits per heavy atom. The van der Waals surface area contributed by atoms with E-state index in [1.54, 1.807) is 0 Å². The van der Waals surface area contributed by atoms with E-state index in [2.05, 4.69) is 151 Å². The summed E-state index contributed by atoms with van der Waals surface area (Å²) < 4.78 is 0. The minimum Gasteiger partial charge on any atom is -0.256 e. The first-order chi connectivity index (χ1) is 20.8. The van der Waals surface area contributed by atoms with E-state index in [0.717, 1.165) is 11.3 Å². The Hall–Kier alpha value is -5.53. The van der Waals surface area contributed by atoms with Crippen LogP contribution in [0.2, 0.25) is 0 Å². The fraction of sp³-hybridized carbons (Fsp3) is 0. The molecule has 0 aliphatic rings. The van der Waals surface area contributed by atoms with Gasteiger partial charge in [-0.15, -0.1) is 0 Å². The third-order valence-corrected chi connectivity index (χ3v) is 8.33. The van der Waals surface area contributed by atoms with Gasteiger partial charge in [-0.25, -0.2) is 0 Å². The van der Waals surface area contributed by atoms with Gasteiger partial charge in [-0.2, -0.15) is 0 Å². The van der Waals surface area contributed by atoms with Crippen LogP contribution in [0.1, 0.15) is 0 Å². The average Bonchev–Trinajstić information content (AvgIpc) is 3.07. The Labute approximate surface area is 245 Å². The monoisotopic (exact) mass is 533 g/mol. The molecule has 0 atom stereocenters. The van der Waals surface area contributed by atoms with Crippen LogP contribution in [0, 0.1) is 0 Å². The maximum atomic E-state index is 4.63. The Bertz CT molecular complexity index is 2230. The van der Waals surface area contributed by atoms with E-state index in [0.29, 0.717) is 0 Å². The number of hydrogen-bond acceptors (Lipinski definition) is 1. The minimum atomic E-state index is 0.977. The van der Waals surface area contributed by atoms with Gasteiger partial charge in [-0.05, 0) is 83.9 Å². The van der Waals surface area contributed by atoms with Gasteiger partial charge in [0.2, 0.25) is 0 Å². The van der Waals surface area contributed by atoms with Crippen molar-refractivity contribution in [2.75, 3.05) is 0 Å². The Morgan fingerprint density at radius 3 is 1.60 bits per heavy atom. The van der Waals surface area contributed by atoms with Gasteiger partial charge in [0.05, 0.1) is 5.69 Å². The molecule has 1 heteroatoms. The van der Waals surface area contributed by atoms with Crippen LogP contribution in [-0.4, -0.2) is 4.98 Å². The molecular formula is C41H27N. The molecule has 7 aromatic carbocycles. The topological polar surface area (TPSA) is 12.9 Å². The van der Waals surface area contributed by atoms with Crippen molar-refractivity contribution in [1.82, 2.24) is 4.98 Å². The molecule has 196 valence electrons. The number of pyridine rings is 1. The quantitative estimate of drug-likeness (QED) is 0.219. The van der Waals surface area contributed by atoms with Crippen LogP contribution in [0.15, 0.2) is 164 Å². The highest BCUT2D eigenvalue weighted by atomic mass is 14.7. The molecule has 0 fully saturated rings. The molecule has 0 spiro atoms. The lowest BCUT2D eigenvalue weighted by Gasteiger charge is -2.18. The summed E-state index contributed by atoms with van der Waals surface area (Å²) in [4.78, 5) is 4.63. The van der Waals surface area contributed by atoms with E-state index < -0.39 is 0 Å². The molecule has 0 amide bonds. The van der Waals surface area contributed by atoms with Crippen LogP contribution in [-0.2, 0) is 0 Å². The van der Waals surface area contributed by atoms with Crippen molar-refractivity contribution in [3.63, 3.8) is 0 Å². The van der Waals surface area contributed by atoms with Crippen LogP contribution in [0.5, 0.6) is 0 Å². The van der Waals surface area contributed by atoms with Gasteiger partial charge < -0.3 is 0 Å². The summed E-state index contributed by atoms with van der Waals surface area (Å²) in [5.41, 5.74) is 9.47. The number of hydrogen-bond donors (Lipinski definition) is 0. The van der Waals surface area contributed by atoms with E-state index in [1.807, 2.05) is 18.3 Å². The van der Waals surface area contributed by atoms with Crippen LogP contribution in [0.4, 0.5) is 0 Å². The highest BCUT2D eigenvalue weighted by Crippen LogP contribution is 2.44. The second-order valence-electron chi connectivity index (χ2n) is 10.7. The molecule has 0 radical (unpaired) electrons. The lowest BCUT2D eigenvalue weighted by molar-refractivity contribution is 1.33. The maximum absolute atomic E-state index is 4.63. The molecular weight excluding hydrogens is 506 g/mol. The number of rotatable bonds is 4. The molecule has 0 bridgehead atoms. The third kappa shape index (κ3) is 4.06. The molecule has 8 rings (SSSR count). The van der Waals surface area contributed by atoms with Crippen molar-refractivity contribution in [3.8, 4) is 44.6 Å². The molecule has 1 aromatic heterocycles. The first kappa shape index (κ1) is 24.3. The summed E-state index contributed by atoms with van der Waals surface area (Å²) >= 11 is 0. The predicted octanol–water partition coefficient (Wildman–Crippen LogP) is 11.2. The summed E-state index contributed by atoms with van der Waals surface area (Å²) in [7, 11) is 0. The number of aromatic nitrogens is 1. The summed E-state index contributed by atoms with van der Waals surface area (Å²) in [6.45, 7) is 0. The van der Waals surface area contributed by atoms with Gasteiger partial charge in [0.15, 0.2) is 0 Å². The summed E-state index contributed by atoms with van der Waals surface area (Å²) in [6, 6.07) is 56.8. The largest absolute Gasteiger partial charge is 0.256 e. The first-order valence-electron chi connectivity index (χ1n) is 14.4. The smallest absolute Gasteiger partial charge is 0.0702 e. The predicted molar refractivity (Wildman–Crippen MR) is 178 cm³/mol. The lowest BCUT2D eigenvalue weighted by Crippen LogP contribution is -1.92. The third-order valence-electron chi connectivity index (χ3n) is 8.33. The van der Waals surface area contributed by atoms with E-state index in [9.17, 15) is 0 Å². The molecule has 1 heterocycles. The molecule has 0 N–H and O–H groups in total. The van der Waals surface area contributed by atoms with E-state index >= 15 is 0 Å². The Kier molecular flexibility index (Phi) is 5.86. The zero-order chi connectivity index (χ0) is 27.9. The van der Waals surface area contributed by atoms with Crippen LogP contribution in [0.3, 0.4) is 0 Å². The normalized spacial score (nSPS) is 11.3. The lowest BCUT2D eigenvalue weighted by atomic mass is 9.85. The highest BCUT2D eigenvalue weighted by molar-refractivity contribution is 6.16. The van der Waals surface area contributed by atoms with Gasteiger partial charge >= 0.3 is 0 Å². The van der Waals surface area contributed by atoms with E-state index in [1.165, 1.54) is 65.7 Å². The fourth-order valence-corrected chi connectivity index (χ4v) is 6.41. The second-order valence-corrected chi connectivity index (χ2v) is 10.7. The second kappa shape index (κ2) is 10.1. The zero-order valence-corrected chi connectivity index (χ0v) is 23.0. The van der Waals surface area contributed by atoms with Crippen molar-refractivity contribution in [2.24, 2.45) is 0 Å². The standard InChI is InChI=1S/C41H27N/c1-3-17-32-28(11-1)13-8-20-35(32)37-24-25-39(36-21-9-14-29-12-2-4-18-33(29)36)41-34(19-10-22-38(37)41)30-15-7-16-31(27-30)40-23-5-6-26-42-40/h1-27H. The highest BCUT2D eigenvalue weighted by Gasteiger charge is 2.17. The summed E-state index contributed by atoms with van der Waals surface area (Å²) in [5, 5.41) is 7.53. The Balaban J connectivity index is 1.46. The molecule has 1 nitrogen and oxygen atoms in total. The average molecular weight is 534 g/mol. The molecule has 0 aliphatic heterocycles. The fourth-order valence-electron chi connectivity index (χ4n) is 6.41. The van der Waals surface area contributed by atoms with Crippen molar-refractivity contribution < 1.29 is 0 Å². The maximum Gasteiger partial charge on any atom is 0.0702 e. The number of nitrogens with zero attached hydrogens (tertiary/aromatic N) is 1. The van der Waals surface area contributed by atoms with Gasteiger partial charge in [-0.1, -0.05) is 140 Å². The van der Waals surface area contributed by atoms with Gasteiger partial charge in [0, 0.05) is 11.8 Å². The molecule has 8 aromatic rings. The molecule has 0 aliphatic carbocycles. The molecule has 0 saturated heterocycles. The van der Waals surface area contributed by atoms with Gasteiger partial charge in [-0.3, -0.25) is 4.98 Å². The van der Waals surface area contributed by atoms with E-state index in [4.69, 9.17) is 0 Å². The van der Waals surface area contributed by atoms with Crippen LogP contribution >= 0.6 is 0 Å². The van der Waals surface area contributed by atoms with Crippen molar-refractivity contribution >= 4 is 32.3 Å².